The molecule has 0 spiro atoms. The summed E-state index contributed by atoms with van der Waals surface area (Å²) in [5, 5.41) is 7.55. The lowest BCUT2D eigenvalue weighted by atomic mass is 9.90. The lowest BCUT2D eigenvalue weighted by molar-refractivity contribution is -0.124. The molecule has 0 bridgehead atoms. The van der Waals surface area contributed by atoms with Gasteiger partial charge in [-0.15, -0.1) is 0 Å². The van der Waals surface area contributed by atoms with E-state index in [1.165, 1.54) is 0 Å². The molecule has 0 radical (unpaired) electrons. The molecule has 3 aromatic rings. The van der Waals surface area contributed by atoms with Gasteiger partial charge in [0.15, 0.2) is 0 Å². The van der Waals surface area contributed by atoms with Crippen molar-refractivity contribution in [2.24, 2.45) is 5.92 Å². The van der Waals surface area contributed by atoms with Gasteiger partial charge in [-0.05, 0) is 72.4 Å². The van der Waals surface area contributed by atoms with Gasteiger partial charge in [0, 0.05) is 34.8 Å². The minimum atomic E-state index is -0.0192. The van der Waals surface area contributed by atoms with E-state index in [0.717, 1.165) is 59.1 Å². The number of nitrogens with zero attached hydrogens (tertiary/aromatic N) is 4. The van der Waals surface area contributed by atoms with Crippen LogP contribution in [0.5, 0.6) is 0 Å². The molecule has 184 valence electrons. The van der Waals surface area contributed by atoms with E-state index in [1.807, 2.05) is 12.1 Å². The van der Waals surface area contributed by atoms with Crippen molar-refractivity contribution in [2.75, 3.05) is 31.6 Å². The van der Waals surface area contributed by atoms with Crippen LogP contribution >= 0.6 is 15.9 Å². The van der Waals surface area contributed by atoms with Gasteiger partial charge in [-0.1, -0.05) is 18.2 Å². The summed E-state index contributed by atoms with van der Waals surface area (Å²) in [7, 11) is 0. The number of hydrogen-bond acceptors (Lipinski definition) is 7. The zero-order valence-electron chi connectivity index (χ0n) is 19.9. The van der Waals surface area contributed by atoms with Gasteiger partial charge in [-0.3, -0.25) is 14.7 Å². The number of aromatic nitrogens is 3. The molecular formula is C26H31BrN6O2. The monoisotopic (exact) mass is 538 g/mol. The van der Waals surface area contributed by atoms with Gasteiger partial charge in [0.1, 0.15) is 0 Å². The van der Waals surface area contributed by atoms with Crippen molar-refractivity contribution >= 4 is 38.7 Å². The molecule has 2 saturated heterocycles. The number of amides is 1. The molecule has 1 atom stereocenters. The van der Waals surface area contributed by atoms with Crippen LogP contribution in [0, 0.1) is 5.92 Å². The lowest BCUT2D eigenvalue weighted by Crippen LogP contribution is -2.49. The number of halogens is 1. The molecule has 5 rings (SSSR count). The molecule has 0 unspecified atom stereocenters. The third kappa shape index (κ3) is 6.15. The number of likely N-dealkylation sites (tertiary alicyclic amines) is 1. The maximum Gasteiger partial charge on any atom is 0.224 e. The predicted octanol–water partition coefficient (Wildman–Crippen LogP) is 3.56. The first-order valence-corrected chi connectivity index (χ1v) is 13.0. The van der Waals surface area contributed by atoms with Crippen LogP contribution in [0.25, 0.3) is 10.9 Å². The molecule has 9 heteroatoms. The molecule has 1 amide bonds. The Morgan fingerprint density at radius 1 is 1.17 bits per heavy atom. The summed E-state index contributed by atoms with van der Waals surface area (Å²) in [5.74, 6) is 1.15. The fraction of sp³-hybridized carbons (Fsp3) is 0.462. The number of anilines is 1. The topological polar surface area (TPSA) is 92.3 Å². The van der Waals surface area contributed by atoms with E-state index in [9.17, 15) is 4.79 Å². The van der Waals surface area contributed by atoms with Gasteiger partial charge < -0.3 is 15.4 Å². The highest BCUT2D eigenvalue weighted by Gasteiger charge is 2.25. The van der Waals surface area contributed by atoms with E-state index in [-0.39, 0.29) is 24.4 Å². The van der Waals surface area contributed by atoms with Gasteiger partial charge in [0.2, 0.25) is 11.9 Å². The number of fused-ring (bicyclic) bond motifs is 1. The van der Waals surface area contributed by atoms with E-state index in [4.69, 9.17) is 9.72 Å². The second-order valence-electron chi connectivity index (χ2n) is 9.55. The molecule has 2 aliphatic heterocycles. The van der Waals surface area contributed by atoms with E-state index >= 15 is 0 Å². The standard InChI is InChI=1S/C26H31BrN6O2/c1-17(30-26-28-12-18(13-29-26)11-24(34)31-22-15-35-16-22)19-7-9-33(10-8-19)14-21-6-5-20-3-2-4-23(27)25(20)32-21/h2-6,12-13,17,19,22H,7-11,14-16H2,1H3,(H,31,34)(H,28,29,30)/t17-/m0/s1. The molecular weight excluding hydrogens is 508 g/mol. The third-order valence-corrected chi connectivity index (χ3v) is 7.52. The highest BCUT2D eigenvalue weighted by atomic mass is 79.9. The normalized spacial score (nSPS) is 18.2. The summed E-state index contributed by atoms with van der Waals surface area (Å²) in [6, 6.07) is 10.9. The molecule has 2 N–H and O–H groups in total. The first-order chi connectivity index (χ1) is 17.0. The van der Waals surface area contributed by atoms with Gasteiger partial charge in [0.25, 0.3) is 0 Å². The predicted molar refractivity (Wildman–Crippen MR) is 139 cm³/mol. The SMILES string of the molecule is C[C@H](Nc1ncc(CC(=O)NC2COC2)cn1)C1CCN(Cc2ccc3cccc(Br)c3n2)CC1. The van der Waals surface area contributed by atoms with Gasteiger partial charge in [-0.25, -0.2) is 9.97 Å². The molecule has 2 fully saturated rings. The van der Waals surface area contributed by atoms with Crippen molar-refractivity contribution in [3.8, 4) is 0 Å². The van der Waals surface area contributed by atoms with E-state index in [1.54, 1.807) is 12.4 Å². The average molecular weight is 539 g/mol. The first kappa shape index (κ1) is 24.1. The van der Waals surface area contributed by atoms with Crippen LogP contribution in [0.3, 0.4) is 0 Å². The number of para-hydroxylation sites is 1. The molecule has 0 aliphatic carbocycles. The number of carbonyl (C=O) groups is 1. The first-order valence-electron chi connectivity index (χ1n) is 12.2. The quantitative estimate of drug-likeness (QED) is 0.453. The van der Waals surface area contributed by atoms with Crippen molar-refractivity contribution in [1.29, 1.82) is 0 Å². The second-order valence-corrected chi connectivity index (χ2v) is 10.4. The molecule has 0 saturated carbocycles. The van der Waals surface area contributed by atoms with Crippen molar-refractivity contribution in [3.63, 3.8) is 0 Å². The Morgan fingerprint density at radius 2 is 1.94 bits per heavy atom. The molecule has 35 heavy (non-hydrogen) atoms. The molecule has 1 aromatic carbocycles. The van der Waals surface area contributed by atoms with Crippen LogP contribution in [0.1, 0.15) is 31.0 Å². The number of hydrogen-bond donors (Lipinski definition) is 2. The number of ether oxygens (including phenoxy) is 1. The van der Waals surface area contributed by atoms with Crippen molar-refractivity contribution in [2.45, 2.75) is 44.8 Å². The minimum absolute atomic E-state index is 0.0192. The van der Waals surface area contributed by atoms with Crippen LogP contribution in [0.4, 0.5) is 5.95 Å². The van der Waals surface area contributed by atoms with Crippen molar-refractivity contribution < 1.29 is 9.53 Å². The average Bonchev–Trinajstić information content (AvgIpc) is 2.84. The number of rotatable bonds is 8. The number of piperidine rings is 1. The minimum Gasteiger partial charge on any atom is -0.377 e. The number of pyridine rings is 1. The zero-order valence-corrected chi connectivity index (χ0v) is 21.5. The highest BCUT2D eigenvalue weighted by molar-refractivity contribution is 9.10. The fourth-order valence-corrected chi connectivity index (χ4v) is 5.17. The Labute approximate surface area is 214 Å². The smallest absolute Gasteiger partial charge is 0.224 e. The van der Waals surface area contributed by atoms with Gasteiger partial charge >= 0.3 is 0 Å². The van der Waals surface area contributed by atoms with E-state index in [2.05, 4.69) is 66.6 Å². The third-order valence-electron chi connectivity index (χ3n) is 6.88. The molecule has 4 heterocycles. The summed E-state index contributed by atoms with van der Waals surface area (Å²) >= 11 is 3.62. The summed E-state index contributed by atoms with van der Waals surface area (Å²) < 4.78 is 6.12. The maximum absolute atomic E-state index is 12.1. The fourth-order valence-electron chi connectivity index (χ4n) is 4.70. The Bertz CT molecular complexity index is 1160. The number of nitrogens with one attached hydrogen (secondary N) is 2. The number of carbonyl (C=O) groups excluding carboxylic acids is 1. The molecule has 8 nitrogen and oxygen atoms in total. The summed E-state index contributed by atoms with van der Waals surface area (Å²) in [4.78, 5) is 28.3. The summed E-state index contributed by atoms with van der Waals surface area (Å²) in [6.45, 7) is 6.37. The van der Waals surface area contributed by atoms with Crippen LogP contribution in [0.15, 0.2) is 47.2 Å². The Morgan fingerprint density at radius 3 is 2.66 bits per heavy atom. The van der Waals surface area contributed by atoms with Gasteiger partial charge in [0.05, 0.1) is 36.9 Å². The maximum atomic E-state index is 12.1. The van der Waals surface area contributed by atoms with Crippen LogP contribution < -0.4 is 10.6 Å². The van der Waals surface area contributed by atoms with Crippen LogP contribution in [0.2, 0.25) is 0 Å². The Balaban J connectivity index is 1.08. The summed E-state index contributed by atoms with van der Waals surface area (Å²) in [6.07, 6.45) is 5.99. The molecule has 2 aromatic heterocycles. The molecule has 2 aliphatic rings. The van der Waals surface area contributed by atoms with Crippen LogP contribution in [-0.4, -0.2) is 64.1 Å². The van der Waals surface area contributed by atoms with Crippen molar-refractivity contribution in [1.82, 2.24) is 25.2 Å². The van der Waals surface area contributed by atoms with E-state index < -0.39 is 0 Å². The van der Waals surface area contributed by atoms with E-state index in [0.29, 0.717) is 25.1 Å². The van der Waals surface area contributed by atoms with Crippen molar-refractivity contribution in [3.05, 3.63) is 58.5 Å². The summed E-state index contributed by atoms with van der Waals surface area (Å²) in [5.41, 5.74) is 2.94. The largest absolute Gasteiger partial charge is 0.377 e. The van der Waals surface area contributed by atoms with Crippen LogP contribution in [-0.2, 0) is 22.5 Å². The number of benzene rings is 1. The Kier molecular flexibility index (Phi) is 7.55. The van der Waals surface area contributed by atoms with Gasteiger partial charge in [-0.2, -0.15) is 0 Å². The Hall–Kier alpha value is -2.62. The highest BCUT2D eigenvalue weighted by Crippen LogP contribution is 2.25. The lowest BCUT2D eigenvalue weighted by Gasteiger charge is -2.35. The zero-order chi connectivity index (χ0) is 24.2. The second kappa shape index (κ2) is 11.0.